The predicted octanol–water partition coefficient (Wildman–Crippen LogP) is 3.04. The van der Waals surface area contributed by atoms with Crippen molar-refractivity contribution in [3.8, 4) is 0 Å². The van der Waals surface area contributed by atoms with Crippen LogP contribution in [0.1, 0.15) is 42.8 Å². The van der Waals surface area contributed by atoms with E-state index >= 15 is 0 Å². The van der Waals surface area contributed by atoms with Crippen molar-refractivity contribution in [3.05, 3.63) is 52.3 Å². The molecule has 1 aliphatic rings. The first kappa shape index (κ1) is 14.6. The largest absolute Gasteiger partial charge is 0.271 e. The zero-order chi connectivity index (χ0) is 15.0. The van der Waals surface area contributed by atoms with Crippen molar-refractivity contribution < 1.29 is 0 Å². The highest BCUT2D eigenvalue weighted by molar-refractivity contribution is 6.31. The molecule has 3 rings (SSSR count). The SMILES string of the molecule is CC(C)n1ncc(Cl)c1C(NN)C1Cc2ccccc2C1. The lowest BCUT2D eigenvalue weighted by Crippen LogP contribution is -2.36. The second-order valence-electron chi connectivity index (χ2n) is 6.00. The van der Waals surface area contributed by atoms with E-state index in [2.05, 4.69) is 48.6 Å². The van der Waals surface area contributed by atoms with E-state index in [-0.39, 0.29) is 12.1 Å². The third-order valence-corrected chi connectivity index (χ3v) is 4.60. The molecule has 0 saturated heterocycles. The van der Waals surface area contributed by atoms with E-state index in [1.165, 1.54) is 11.1 Å². The number of benzene rings is 1. The van der Waals surface area contributed by atoms with Crippen LogP contribution in [0.25, 0.3) is 0 Å². The Morgan fingerprint density at radius 2 is 1.90 bits per heavy atom. The number of rotatable bonds is 4. The average molecular weight is 305 g/mol. The second-order valence-corrected chi connectivity index (χ2v) is 6.40. The van der Waals surface area contributed by atoms with Gasteiger partial charge in [0.05, 0.1) is 23.0 Å². The van der Waals surface area contributed by atoms with Gasteiger partial charge >= 0.3 is 0 Å². The Labute approximate surface area is 130 Å². The Kier molecular flexibility index (Phi) is 4.02. The van der Waals surface area contributed by atoms with Crippen LogP contribution in [0, 0.1) is 5.92 Å². The van der Waals surface area contributed by atoms with Gasteiger partial charge in [-0.25, -0.2) is 0 Å². The molecule has 1 heterocycles. The number of hydrogen-bond acceptors (Lipinski definition) is 3. The Bertz CT molecular complexity index is 610. The molecule has 4 nitrogen and oxygen atoms in total. The smallest absolute Gasteiger partial charge is 0.0834 e. The lowest BCUT2D eigenvalue weighted by atomic mass is 9.94. The lowest BCUT2D eigenvalue weighted by molar-refractivity contribution is 0.346. The number of nitrogens with two attached hydrogens (primary N) is 1. The number of hydrogen-bond donors (Lipinski definition) is 2. The van der Waals surface area contributed by atoms with Crippen molar-refractivity contribution in [1.29, 1.82) is 0 Å². The van der Waals surface area contributed by atoms with Gasteiger partial charge < -0.3 is 0 Å². The van der Waals surface area contributed by atoms with Crippen LogP contribution >= 0.6 is 11.6 Å². The molecule has 0 bridgehead atoms. The van der Waals surface area contributed by atoms with Gasteiger partial charge in [0.15, 0.2) is 0 Å². The summed E-state index contributed by atoms with van der Waals surface area (Å²) in [6.45, 7) is 4.20. The molecule has 0 amide bonds. The Balaban J connectivity index is 1.93. The van der Waals surface area contributed by atoms with Crippen LogP contribution in [-0.4, -0.2) is 9.78 Å². The number of aromatic nitrogens is 2. The molecule has 21 heavy (non-hydrogen) atoms. The van der Waals surface area contributed by atoms with Crippen LogP contribution in [-0.2, 0) is 12.8 Å². The van der Waals surface area contributed by atoms with Gasteiger partial charge in [0.25, 0.3) is 0 Å². The Hall–Kier alpha value is -1.36. The molecule has 0 saturated carbocycles. The number of fused-ring (bicyclic) bond motifs is 1. The van der Waals surface area contributed by atoms with Gasteiger partial charge in [-0.3, -0.25) is 16.0 Å². The molecule has 0 fully saturated rings. The van der Waals surface area contributed by atoms with Crippen LogP contribution in [0.15, 0.2) is 30.5 Å². The van der Waals surface area contributed by atoms with Crippen LogP contribution in [0.3, 0.4) is 0 Å². The summed E-state index contributed by atoms with van der Waals surface area (Å²) < 4.78 is 1.97. The number of nitrogens with zero attached hydrogens (tertiary/aromatic N) is 2. The first-order chi connectivity index (χ1) is 10.1. The van der Waals surface area contributed by atoms with Crippen molar-refractivity contribution in [1.82, 2.24) is 15.2 Å². The molecule has 2 aromatic rings. The summed E-state index contributed by atoms with van der Waals surface area (Å²) >= 11 is 6.37. The molecule has 1 aromatic carbocycles. The van der Waals surface area contributed by atoms with Gasteiger partial charge in [0.1, 0.15) is 0 Å². The van der Waals surface area contributed by atoms with Gasteiger partial charge in [-0.05, 0) is 43.7 Å². The quantitative estimate of drug-likeness (QED) is 0.674. The van der Waals surface area contributed by atoms with E-state index in [1.54, 1.807) is 6.20 Å². The van der Waals surface area contributed by atoms with Crippen molar-refractivity contribution in [3.63, 3.8) is 0 Å². The van der Waals surface area contributed by atoms with Gasteiger partial charge in [0, 0.05) is 6.04 Å². The van der Waals surface area contributed by atoms with E-state index in [9.17, 15) is 0 Å². The third kappa shape index (κ3) is 2.59. The minimum Gasteiger partial charge on any atom is -0.271 e. The van der Waals surface area contributed by atoms with E-state index in [0.29, 0.717) is 10.9 Å². The summed E-state index contributed by atoms with van der Waals surface area (Å²) in [6.07, 6.45) is 3.75. The maximum Gasteiger partial charge on any atom is 0.0834 e. The summed E-state index contributed by atoms with van der Waals surface area (Å²) in [5.74, 6) is 6.27. The van der Waals surface area contributed by atoms with Crippen molar-refractivity contribution >= 4 is 11.6 Å². The first-order valence-corrected chi connectivity index (χ1v) is 7.75. The number of hydrazine groups is 1. The van der Waals surface area contributed by atoms with E-state index in [4.69, 9.17) is 17.4 Å². The molecule has 1 aliphatic carbocycles. The van der Waals surface area contributed by atoms with Gasteiger partial charge in [-0.2, -0.15) is 5.10 Å². The lowest BCUT2D eigenvalue weighted by Gasteiger charge is -2.25. The predicted molar refractivity (Wildman–Crippen MR) is 85.0 cm³/mol. The van der Waals surface area contributed by atoms with Crippen LogP contribution < -0.4 is 11.3 Å². The molecule has 112 valence electrons. The maximum atomic E-state index is 6.37. The standard InChI is InChI=1S/C16H21ClN4/c1-10(2)21-16(14(17)9-19-21)15(20-18)13-7-11-5-3-4-6-12(11)8-13/h3-6,9-10,13,15,20H,7-8,18H2,1-2H3. The molecule has 5 heteroatoms. The van der Waals surface area contributed by atoms with E-state index in [0.717, 1.165) is 18.5 Å². The van der Waals surface area contributed by atoms with Gasteiger partial charge in [-0.15, -0.1) is 0 Å². The summed E-state index contributed by atoms with van der Waals surface area (Å²) in [5, 5.41) is 5.08. The molecule has 0 spiro atoms. The molecule has 1 aromatic heterocycles. The number of nitrogens with one attached hydrogen (secondary N) is 1. The average Bonchev–Trinajstić information content (AvgIpc) is 3.04. The molecule has 0 aliphatic heterocycles. The first-order valence-electron chi connectivity index (χ1n) is 7.37. The maximum absolute atomic E-state index is 6.37. The molecular weight excluding hydrogens is 284 g/mol. The third-order valence-electron chi connectivity index (χ3n) is 4.30. The normalized spacial score (nSPS) is 16.4. The van der Waals surface area contributed by atoms with Gasteiger partial charge in [-0.1, -0.05) is 35.9 Å². The van der Waals surface area contributed by atoms with Crippen molar-refractivity contribution in [2.45, 2.75) is 38.8 Å². The highest BCUT2D eigenvalue weighted by Gasteiger charge is 2.32. The van der Waals surface area contributed by atoms with Crippen LogP contribution in [0.4, 0.5) is 0 Å². The summed E-state index contributed by atoms with van der Waals surface area (Å²) in [7, 11) is 0. The monoisotopic (exact) mass is 304 g/mol. The fraction of sp³-hybridized carbons (Fsp3) is 0.438. The Morgan fingerprint density at radius 3 is 2.43 bits per heavy atom. The zero-order valence-corrected chi connectivity index (χ0v) is 13.1. The minimum atomic E-state index is 0.00907. The molecule has 1 atom stereocenters. The van der Waals surface area contributed by atoms with E-state index in [1.807, 2.05) is 4.68 Å². The molecule has 1 unspecified atom stereocenters. The zero-order valence-electron chi connectivity index (χ0n) is 12.4. The summed E-state index contributed by atoms with van der Waals surface area (Å²) in [5.41, 5.74) is 6.79. The minimum absolute atomic E-state index is 0.00907. The highest BCUT2D eigenvalue weighted by Crippen LogP contribution is 2.37. The summed E-state index contributed by atoms with van der Waals surface area (Å²) in [6, 6.07) is 8.85. The summed E-state index contributed by atoms with van der Waals surface area (Å²) in [4.78, 5) is 0. The van der Waals surface area contributed by atoms with Gasteiger partial charge in [0.2, 0.25) is 0 Å². The van der Waals surface area contributed by atoms with E-state index < -0.39 is 0 Å². The molecule has 3 N–H and O–H groups in total. The molecular formula is C16H21ClN4. The van der Waals surface area contributed by atoms with Crippen molar-refractivity contribution in [2.24, 2.45) is 11.8 Å². The van der Waals surface area contributed by atoms with Crippen LogP contribution in [0.2, 0.25) is 5.02 Å². The van der Waals surface area contributed by atoms with Crippen LogP contribution in [0.5, 0.6) is 0 Å². The highest BCUT2D eigenvalue weighted by atomic mass is 35.5. The topological polar surface area (TPSA) is 55.9 Å². The number of halogens is 1. The fourth-order valence-electron chi connectivity index (χ4n) is 3.32. The second kappa shape index (κ2) is 5.79. The molecule has 0 radical (unpaired) electrons. The van der Waals surface area contributed by atoms with Crippen molar-refractivity contribution in [2.75, 3.05) is 0 Å². The fourth-order valence-corrected chi connectivity index (χ4v) is 3.57. The Morgan fingerprint density at radius 1 is 1.29 bits per heavy atom.